The predicted octanol–water partition coefficient (Wildman–Crippen LogP) is 2.88. The third-order valence-corrected chi connectivity index (χ3v) is 2.57. The van der Waals surface area contributed by atoms with Crippen LogP contribution in [0.4, 0.5) is 0 Å². The van der Waals surface area contributed by atoms with E-state index in [4.69, 9.17) is 14.2 Å². The van der Waals surface area contributed by atoms with E-state index >= 15 is 0 Å². The molecule has 0 heterocycles. The predicted molar refractivity (Wildman–Crippen MR) is 75.1 cm³/mol. The van der Waals surface area contributed by atoms with Crippen LogP contribution in [-0.2, 0) is 0 Å². The van der Waals surface area contributed by atoms with Crippen LogP contribution < -0.4 is 14.2 Å². The van der Waals surface area contributed by atoms with Gasteiger partial charge in [-0.2, -0.15) is 0 Å². The first-order chi connectivity index (χ1) is 9.02. The molecule has 4 heteroatoms. The summed E-state index contributed by atoms with van der Waals surface area (Å²) in [6.45, 7) is 9.47. The second-order valence-corrected chi connectivity index (χ2v) is 5.09. The quantitative estimate of drug-likeness (QED) is 0.787. The van der Waals surface area contributed by atoms with Gasteiger partial charge in [-0.3, -0.25) is 0 Å². The Morgan fingerprint density at radius 1 is 1.00 bits per heavy atom. The monoisotopic (exact) mass is 268 g/mol. The van der Waals surface area contributed by atoms with Gasteiger partial charge in [0.1, 0.15) is 5.75 Å². The number of ether oxygens (including phenoxy) is 3. The Hall–Kier alpha value is -1.42. The summed E-state index contributed by atoms with van der Waals surface area (Å²) in [4.78, 5) is 0. The van der Waals surface area contributed by atoms with E-state index in [9.17, 15) is 5.11 Å². The fraction of sp³-hybridized carbons (Fsp3) is 0.600. The fourth-order valence-corrected chi connectivity index (χ4v) is 1.45. The molecule has 108 valence electrons. The van der Waals surface area contributed by atoms with E-state index in [1.165, 1.54) is 0 Å². The highest BCUT2D eigenvalue weighted by atomic mass is 16.5. The molecule has 0 aliphatic carbocycles. The number of hydrogen-bond donors (Lipinski definition) is 1. The van der Waals surface area contributed by atoms with Gasteiger partial charge < -0.3 is 19.3 Å². The molecule has 0 amide bonds. The van der Waals surface area contributed by atoms with Crippen molar-refractivity contribution >= 4 is 0 Å². The summed E-state index contributed by atoms with van der Waals surface area (Å²) in [7, 11) is 0. The Balaban J connectivity index is 2.77. The standard InChI is InChI=1S/C15H24O4/c1-5-17-13-8-7-12(9-14(13)18-6-2)19-11-15(3,4)10-16/h7-9,16H,5-6,10-11H2,1-4H3. The first kappa shape index (κ1) is 15.6. The molecule has 0 saturated carbocycles. The van der Waals surface area contributed by atoms with Gasteiger partial charge in [-0.1, -0.05) is 13.8 Å². The maximum atomic E-state index is 9.20. The Kier molecular flexibility index (Phi) is 5.96. The molecule has 4 nitrogen and oxygen atoms in total. The Morgan fingerprint density at radius 3 is 2.21 bits per heavy atom. The summed E-state index contributed by atoms with van der Waals surface area (Å²) in [5.74, 6) is 2.12. The second kappa shape index (κ2) is 7.24. The molecule has 19 heavy (non-hydrogen) atoms. The van der Waals surface area contributed by atoms with Crippen LogP contribution in [0.1, 0.15) is 27.7 Å². The van der Waals surface area contributed by atoms with Crippen LogP contribution in [0.15, 0.2) is 18.2 Å². The fourth-order valence-electron chi connectivity index (χ4n) is 1.45. The summed E-state index contributed by atoms with van der Waals surface area (Å²) >= 11 is 0. The van der Waals surface area contributed by atoms with Crippen molar-refractivity contribution in [1.29, 1.82) is 0 Å². The van der Waals surface area contributed by atoms with Crippen molar-refractivity contribution in [3.05, 3.63) is 18.2 Å². The second-order valence-electron chi connectivity index (χ2n) is 5.09. The van der Waals surface area contributed by atoms with Gasteiger partial charge in [0.25, 0.3) is 0 Å². The number of aliphatic hydroxyl groups is 1. The number of benzene rings is 1. The lowest BCUT2D eigenvalue weighted by atomic mass is 9.96. The molecule has 0 aromatic heterocycles. The Labute approximate surface area is 115 Å². The molecule has 0 aliphatic rings. The highest BCUT2D eigenvalue weighted by molar-refractivity contribution is 5.45. The largest absolute Gasteiger partial charge is 0.493 e. The van der Waals surface area contributed by atoms with E-state index < -0.39 is 0 Å². The van der Waals surface area contributed by atoms with Crippen LogP contribution in [0.3, 0.4) is 0 Å². The zero-order valence-corrected chi connectivity index (χ0v) is 12.2. The van der Waals surface area contributed by atoms with E-state index in [-0.39, 0.29) is 12.0 Å². The summed E-state index contributed by atoms with van der Waals surface area (Å²) in [5.41, 5.74) is -0.260. The SMILES string of the molecule is CCOc1ccc(OCC(C)(C)CO)cc1OCC. The molecular weight excluding hydrogens is 244 g/mol. The summed E-state index contributed by atoms with van der Waals surface area (Å²) < 4.78 is 16.7. The van der Waals surface area contributed by atoms with Gasteiger partial charge in [-0.15, -0.1) is 0 Å². The van der Waals surface area contributed by atoms with Gasteiger partial charge in [0.2, 0.25) is 0 Å². The van der Waals surface area contributed by atoms with Crippen molar-refractivity contribution in [2.24, 2.45) is 5.41 Å². The van der Waals surface area contributed by atoms with Gasteiger partial charge in [-0.05, 0) is 26.0 Å². The van der Waals surface area contributed by atoms with Gasteiger partial charge in [0, 0.05) is 11.5 Å². The van der Waals surface area contributed by atoms with Crippen molar-refractivity contribution < 1.29 is 19.3 Å². The van der Waals surface area contributed by atoms with Crippen LogP contribution in [-0.4, -0.2) is 31.5 Å². The lowest BCUT2D eigenvalue weighted by Gasteiger charge is -2.22. The number of hydrogen-bond acceptors (Lipinski definition) is 4. The normalized spacial score (nSPS) is 11.2. The molecule has 0 radical (unpaired) electrons. The van der Waals surface area contributed by atoms with Crippen molar-refractivity contribution in [1.82, 2.24) is 0 Å². The lowest BCUT2D eigenvalue weighted by Crippen LogP contribution is -2.25. The maximum Gasteiger partial charge on any atom is 0.164 e. The first-order valence-corrected chi connectivity index (χ1v) is 6.65. The molecule has 0 atom stereocenters. The van der Waals surface area contributed by atoms with Crippen LogP contribution in [0, 0.1) is 5.41 Å². The first-order valence-electron chi connectivity index (χ1n) is 6.65. The highest BCUT2D eigenvalue weighted by Crippen LogP contribution is 2.32. The zero-order valence-electron chi connectivity index (χ0n) is 12.2. The molecule has 1 N–H and O–H groups in total. The van der Waals surface area contributed by atoms with Crippen molar-refractivity contribution in [2.75, 3.05) is 26.4 Å². The third-order valence-electron chi connectivity index (χ3n) is 2.57. The minimum Gasteiger partial charge on any atom is -0.493 e. The number of aliphatic hydroxyl groups excluding tert-OH is 1. The van der Waals surface area contributed by atoms with Crippen molar-refractivity contribution in [2.45, 2.75) is 27.7 Å². The summed E-state index contributed by atoms with van der Waals surface area (Å²) in [6, 6.07) is 5.51. The third kappa shape index (κ3) is 4.99. The maximum absolute atomic E-state index is 9.20. The van der Waals surface area contributed by atoms with E-state index in [0.717, 1.165) is 5.75 Å². The summed E-state index contributed by atoms with van der Waals surface area (Å²) in [6.07, 6.45) is 0. The molecule has 1 aromatic rings. The molecular formula is C15H24O4. The number of rotatable bonds is 8. The molecule has 0 unspecified atom stereocenters. The molecule has 1 rings (SSSR count). The topological polar surface area (TPSA) is 47.9 Å². The van der Waals surface area contributed by atoms with Gasteiger partial charge in [-0.25, -0.2) is 0 Å². The van der Waals surface area contributed by atoms with E-state index in [1.807, 2.05) is 45.9 Å². The Bertz CT molecular complexity index is 388. The Morgan fingerprint density at radius 2 is 1.63 bits per heavy atom. The van der Waals surface area contributed by atoms with Crippen LogP contribution >= 0.6 is 0 Å². The molecule has 1 aromatic carbocycles. The zero-order chi connectivity index (χ0) is 14.3. The highest BCUT2D eigenvalue weighted by Gasteiger charge is 2.18. The minimum atomic E-state index is -0.260. The molecule has 0 spiro atoms. The smallest absolute Gasteiger partial charge is 0.164 e. The average molecular weight is 268 g/mol. The van der Waals surface area contributed by atoms with Crippen LogP contribution in [0.2, 0.25) is 0 Å². The van der Waals surface area contributed by atoms with Gasteiger partial charge >= 0.3 is 0 Å². The van der Waals surface area contributed by atoms with E-state index in [0.29, 0.717) is 31.3 Å². The van der Waals surface area contributed by atoms with E-state index in [1.54, 1.807) is 0 Å². The summed E-state index contributed by atoms with van der Waals surface area (Å²) in [5, 5.41) is 9.20. The van der Waals surface area contributed by atoms with Crippen molar-refractivity contribution in [3.63, 3.8) is 0 Å². The van der Waals surface area contributed by atoms with Crippen molar-refractivity contribution in [3.8, 4) is 17.2 Å². The van der Waals surface area contributed by atoms with Gasteiger partial charge in [0.05, 0.1) is 26.4 Å². The molecule has 0 bridgehead atoms. The van der Waals surface area contributed by atoms with E-state index in [2.05, 4.69) is 0 Å². The minimum absolute atomic E-state index is 0.0857. The van der Waals surface area contributed by atoms with Gasteiger partial charge in [0.15, 0.2) is 11.5 Å². The van der Waals surface area contributed by atoms with Crippen LogP contribution in [0.25, 0.3) is 0 Å². The lowest BCUT2D eigenvalue weighted by molar-refractivity contribution is 0.0973. The van der Waals surface area contributed by atoms with Crippen LogP contribution in [0.5, 0.6) is 17.2 Å². The molecule has 0 saturated heterocycles. The molecule has 0 fully saturated rings. The molecule has 0 aliphatic heterocycles. The average Bonchev–Trinajstić information content (AvgIpc) is 2.40.